The summed E-state index contributed by atoms with van der Waals surface area (Å²) in [6.07, 6.45) is 2.67. The van der Waals surface area contributed by atoms with E-state index in [-0.39, 0.29) is 55.4 Å². The van der Waals surface area contributed by atoms with Gasteiger partial charge in [-0.05, 0) is 118 Å². The van der Waals surface area contributed by atoms with Crippen molar-refractivity contribution in [1.29, 1.82) is 0 Å². The molecule has 17 N–H and O–H groups in total. The number of carbonyl (C=O) groups excluding carboxylic acids is 10. The van der Waals surface area contributed by atoms with Crippen LogP contribution in [0.3, 0.4) is 0 Å². The number of carboxylic acids is 1. The lowest BCUT2D eigenvalue weighted by atomic mass is 9.96. The van der Waals surface area contributed by atoms with Crippen molar-refractivity contribution in [2.45, 2.75) is 143 Å². The first-order chi connectivity index (χ1) is 45.0. The maximum atomic E-state index is 14.9. The largest absolute Gasteiger partial charge is 0.481 e. The van der Waals surface area contributed by atoms with Crippen molar-refractivity contribution < 1.29 is 66.6 Å². The molecule has 0 aliphatic carbocycles. The van der Waals surface area contributed by atoms with Crippen molar-refractivity contribution in [3.8, 4) is 0 Å². The molecule has 8 rings (SSSR count). The number of nitrogens with one attached hydrogen (secondary N) is 12. The van der Waals surface area contributed by atoms with Crippen LogP contribution in [0.5, 0.6) is 0 Å². The lowest BCUT2D eigenvalue weighted by molar-refractivity contribution is -0.147. The number of hydrogen-bond acceptors (Lipinski definition) is 16. The Kier molecular flexibility index (Phi) is 25.3. The van der Waals surface area contributed by atoms with E-state index in [9.17, 15) is 66.6 Å². The molecule has 0 spiro atoms. The van der Waals surface area contributed by atoms with E-state index in [1.54, 1.807) is 6.92 Å². The van der Waals surface area contributed by atoms with Crippen molar-refractivity contribution in [3.63, 3.8) is 0 Å². The van der Waals surface area contributed by atoms with Crippen LogP contribution in [-0.2, 0) is 77.1 Å². The van der Waals surface area contributed by atoms with Crippen molar-refractivity contribution >= 4 is 110 Å². The molecule has 3 aliphatic rings. The van der Waals surface area contributed by atoms with E-state index in [1.165, 1.54) is 84.1 Å². The first kappa shape index (κ1) is 71.2. The Morgan fingerprint density at radius 1 is 0.702 bits per heavy atom. The van der Waals surface area contributed by atoms with Crippen LogP contribution < -0.4 is 64.6 Å². The number of nitrogens with zero attached hydrogens (tertiary/aromatic N) is 1. The lowest BCUT2D eigenvalue weighted by Crippen LogP contribution is -2.63. The number of nitrogens with two attached hydrogens (primary N) is 2. The molecule has 1 unspecified atom stereocenters. The van der Waals surface area contributed by atoms with Gasteiger partial charge in [0.15, 0.2) is 0 Å². The van der Waals surface area contributed by atoms with Crippen LogP contribution >= 0.6 is 23.5 Å². The summed E-state index contributed by atoms with van der Waals surface area (Å²) >= 11 is 2.82. The molecule has 3 aliphatic heterocycles. The molecule has 94 heavy (non-hydrogen) atoms. The zero-order valence-corrected chi connectivity index (χ0v) is 53.7. The number of aliphatic carboxylic acids is 1. The molecule has 2 saturated heterocycles. The molecule has 10 amide bonds. The van der Waals surface area contributed by atoms with Gasteiger partial charge in [0, 0.05) is 102 Å². The summed E-state index contributed by atoms with van der Waals surface area (Å²) < 4.78 is 29.7. The van der Waals surface area contributed by atoms with E-state index in [4.69, 9.17) is 11.5 Å². The van der Waals surface area contributed by atoms with Crippen LogP contribution in [0.2, 0.25) is 0 Å². The molecule has 31 heteroatoms. The van der Waals surface area contributed by atoms with Gasteiger partial charge in [0.2, 0.25) is 59.1 Å². The number of halogens is 2. The van der Waals surface area contributed by atoms with Gasteiger partial charge in [-0.2, -0.15) is 23.5 Å². The van der Waals surface area contributed by atoms with E-state index in [0.717, 1.165) is 11.1 Å². The number of unbranched alkanes of at least 4 members (excludes halogenated alkanes) is 1. The number of rotatable bonds is 13. The van der Waals surface area contributed by atoms with Gasteiger partial charge in [-0.15, -0.1) is 0 Å². The first-order valence-corrected chi connectivity index (χ1v) is 33.4. The van der Waals surface area contributed by atoms with E-state index < -0.39 is 150 Å². The minimum absolute atomic E-state index is 0.0250. The third kappa shape index (κ3) is 19.5. The lowest BCUT2D eigenvalue weighted by Gasteiger charge is -2.36. The molecule has 2 fully saturated rings. The van der Waals surface area contributed by atoms with Crippen molar-refractivity contribution in [2.75, 3.05) is 44.4 Å². The summed E-state index contributed by atoms with van der Waals surface area (Å²) in [5.41, 5.74) is 13.4. The number of aromatic nitrogens is 2. The third-order valence-corrected chi connectivity index (χ3v) is 18.9. The van der Waals surface area contributed by atoms with Gasteiger partial charge in [-0.3, -0.25) is 52.7 Å². The molecule has 2 aromatic heterocycles. The smallest absolute Gasteiger partial charge is 0.305 e. The minimum Gasteiger partial charge on any atom is -0.481 e. The summed E-state index contributed by atoms with van der Waals surface area (Å²) in [7, 11) is 0. The van der Waals surface area contributed by atoms with Crippen LogP contribution in [0.4, 0.5) is 8.78 Å². The van der Waals surface area contributed by atoms with Crippen molar-refractivity contribution in [2.24, 2.45) is 11.5 Å². The average molecular weight is 1340 g/mol. The molecule has 27 nitrogen and oxygen atoms in total. The number of fused-ring (bicyclic) bond motifs is 5. The predicted octanol–water partition coefficient (Wildman–Crippen LogP) is 0.192. The highest BCUT2D eigenvalue weighted by Crippen LogP contribution is 2.31. The van der Waals surface area contributed by atoms with Crippen molar-refractivity contribution in [3.05, 3.63) is 107 Å². The summed E-state index contributed by atoms with van der Waals surface area (Å²) in [4.78, 5) is 162. The van der Waals surface area contributed by atoms with Gasteiger partial charge >= 0.3 is 5.97 Å². The second-order valence-electron chi connectivity index (χ2n) is 23.9. The number of aromatic amines is 2. The Morgan fingerprint density at radius 2 is 1.30 bits per heavy atom. The van der Waals surface area contributed by atoms with E-state index >= 15 is 0 Å². The van der Waals surface area contributed by atoms with Gasteiger partial charge in [-0.25, -0.2) is 8.78 Å². The van der Waals surface area contributed by atoms with Crippen LogP contribution in [-0.4, -0.2) is 183 Å². The highest BCUT2D eigenvalue weighted by atomic mass is 32.2. The molecule has 2 bridgehead atoms. The van der Waals surface area contributed by atoms with Crippen LogP contribution in [0, 0.1) is 11.6 Å². The topological polar surface area (TPSA) is 415 Å². The predicted molar refractivity (Wildman–Crippen MR) is 348 cm³/mol. The minimum atomic E-state index is -1.96. The Hall–Kier alpha value is -8.65. The van der Waals surface area contributed by atoms with Crippen molar-refractivity contribution in [1.82, 2.24) is 68.0 Å². The number of benzene rings is 3. The maximum Gasteiger partial charge on any atom is 0.305 e. The van der Waals surface area contributed by atoms with Gasteiger partial charge in [0.05, 0.1) is 13.0 Å². The molecule has 9 atom stereocenters. The molecular formula is C63H81F2N15O12S2. The zero-order valence-electron chi connectivity index (χ0n) is 52.1. The Balaban J connectivity index is 1.11. The number of amides is 10. The maximum absolute atomic E-state index is 14.9. The number of H-pyrrole nitrogens is 2. The number of thioether (sulfide) groups is 2. The van der Waals surface area contributed by atoms with E-state index in [1.807, 2.05) is 24.3 Å². The molecule has 506 valence electrons. The fourth-order valence-electron chi connectivity index (χ4n) is 11.6. The van der Waals surface area contributed by atoms with Crippen LogP contribution in [0.15, 0.2) is 73.1 Å². The summed E-state index contributed by atoms with van der Waals surface area (Å²) in [6, 6.07) is 4.53. The zero-order chi connectivity index (χ0) is 67.6. The average Bonchev–Trinajstić information content (AvgIpc) is 1.36. The fraction of sp³-hybridized carbons (Fsp3) is 0.476. The highest BCUT2D eigenvalue weighted by molar-refractivity contribution is 7.98. The molecule has 0 radical (unpaired) electrons. The normalized spacial score (nSPS) is 25.2. The molecular weight excluding hydrogens is 1260 g/mol. The standard InChI is InChI=1S/C63H81F2N15O12S2/c1-34-61(91)80-17-6-15-63(80,2)62(92)79-51(55(67)85)32-94-31-36-8-5-7-35(19-36)30-93-18-14-52(81)74-46(9-3-4-16-66)56(86)71-29-53(82)75-47(20-37-26-69-44-12-10-39(64)22-42(37)44)58(88)76-48(21-38-27-70-45-13-11-40(65)23-43(38)45)59(89)78-50(25-54(83)84)60(90)77-49(57(87)73-34)24-41-28-68-33-72-41/h5,7-8,10-13,19,22-23,26-27,34,41,46-51,68-70,72H,3-4,6,9,14-18,20-21,24-25,28-33,66H2,1-2H3,(H2,67,85)(H,71,86)(H,73,87)(H,74,81)(H,75,82)(H,76,88)(H,77,90)(H,78,89)(H,79,92)(H,83,84)/t34-,41?,46+,47+,48+,49+,50+,51+,63+/m1/s1. The Bertz CT molecular complexity index is 3610. The third-order valence-electron chi connectivity index (χ3n) is 16.7. The molecule has 0 saturated carbocycles. The molecule has 5 aromatic rings. The quantitative estimate of drug-likeness (QED) is 0.0700. The summed E-state index contributed by atoms with van der Waals surface area (Å²) in [5.74, 6) is -9.89. The second kappa shape index (κ2) is 33.5. The summed E-state index contributed by atoms with van der Waals surface area (Å²) in [5, 5.41) is 38.0. The number of hydrogen-bond donors (Lipinski definition) is 15. The van der Waals surface area contributed by atoms with Gasteiger partial charge < -0.3 is 84.6 Å². The number of primary amides is 1. The SMILES string of the molecule is C[C@H]1NC(=O)[C@H](CC2CNCN2)NC(=O)[C@H](CC(=O)O)NC(=O)[C@H](Cc2c[nH]c3ccc(F)cc23)NC(=O)[C@H](Cc2c[nH]c3ccc(F)cc23)NC(=O)CNC(=O)[C@H](CCCCN)NC(=O)CCSCc2cccc(c2)CSC[C@@H](C(N)=O)NC(=O)[C@]2(C)CCCN2C1=O. The van der Waals surface area contributed by atoms with Gasteiger partial charge in [0.1, 0.15) is 59.5 Å². The molecule has 5 heterocycles. The fourth-order valence-corrected chi connectivity index (χ4v) is 13.5. The Morgan fingerprint density at radius 3 is 1.91 bits per heavy atom. The first-order valence-electron chi connectivity index (χ1n) is 31.1. The summed E-state index contributed by atoms with van der Waals surface area (Å²) in [6.45, 7) is 3.26. The highest BCUT2D eigenvalue weighted by Gasteiger charge is 2.48. The van der Waals surface area contributed by atoms with Gasteiger partial charge in [-0.1, -0.05) is 24.3 Å². The van der Waals surface area contributed by atoms with E-state index in [2.05, 4.69) is 63.1 Å². The van der Waals surface area contributed by atoms with Crippen LogP contribution in [0.1, 0.15) is 87.5 Å². The molecule has 3 aromatic carbocycles. The van der Waals surface area contributed by atoms with Crippen LogP contribution in [0.25, 0.3) is 21.8 Å². The monoisotopic (exact) mass is 1340 g/mol. The number of carboxylic acid groups (broad SMARTS) is 1. The second-order valence-corrected chi connectivity index (χ2v) is 26.0. The number of carbonyl (C=O) groups is 11. The van der Waals surface area contributed by atoms with Gasteiger partial charge in [0.25, 0.3) is 0 Å². The Labute approximate surface area is 548 Å². The van der Waals surface area contributed by atoms with E-state index in [0.29, 0.717) is 78.3 Å².